The summed E-state index contributed by atoms with van der Waals surface area (Å²) in [5, 5.41) is 4.00. The number of anilines is 1. The Labute approximate surface area is 126 Å². The molecule has 0 aliphatic heterocycles. The van der Waals surface area contributed by atoms with Crippen LogP contribution in [0.4, 0.5) is 5.69 Å². The van der Waals surface area contributed by atoms with E-state index in [0.717, 1.165) is 18.7 Å². The Morgan fingerprint density at radius 2 is 2.15 bits per heavy atom. The largest absolute Gasteiger partial charge is 0.385 e. The van der Waals surface area contributed by atoms with Crippen LogP contribution >= 0.6 is 11.8 Å². The predicted octanol–water partition coefficient (Wildman–Crippen LogP) is 3.12. The summed E-state index contributed by atoms with van der Waals surface area (Å²) in [5.41, 5.74) is 1.47. The van der Waals surface area contributed by atoms with Gasteiger partial charge in [-0.05, 0) is 38.7 Å². The van der Waals surface area contributed by atoms with Crippen LogP contribution in [-0.4, -0.2) is 46.9 Å². The van der Waals surface area contributed by atoms with Crippen molar-refractivity contribution in [1.29, 1.82) is 0 Å². The van der Waals surface area contributed by atoms with Gasteiger partial charge in [-0.2, -0.15) is 11.8 Å². The molecule has 0 aliphatic rings. The normalized spacial score (nSPS) is 12.0. The number of hydrogen-bond acceptors (Lipinski definition) is 4. The highest BCUT2D eigenvalue weighted by Crippen LogP contribution is 2.13. The summed E-state index contributed by atoms with van der Waals surface area (Å²) in [6.45, 7) is 8.50. The van der Waals surface area contributed by atoms with Crippen LogP contribution in [0.15, 0.2) is 18.3 Å². The summed E-state index contributed by atoms with van der Waals surface area (Å²) < 4.78 is 0. The van der Waals surface area contributed by atoms with Crippen LogP contribution < -0.4 is 5.32 Å². The van der Waals surface area contributed by atoms with E-state index in [2.05, 4.69) is 23.5 Å². The molecule has 0 fully saturated rings. The van der Waals surface area contributed by atoms with Crippen molar-refractivity contribution < 1.29 is 4.79 Å². The lowest BCUT2D eigenvalue weighted by molar-refractivity contribution is 0.0767. The number of aromatic nitrogens is 1. The average molecular weight is 295 g/mol. The molecule has 0 radical (unpaired) electrons. The number of amides is 1. The van der Waals surface area contributed by atoms with Gasteiger partial charge >= 0.3 is 0 Å². The van der Waals surface area contributed by atoms with Crippen molar-refractivity contribution in [2.45, 2.75) is 32.4 Å². The molecule has 1 aromatic heterocycles. The number of pyridine rings is 1. The summed E-state index contributed by atoms with van der Waals surface area (Å²) >= 11 is 1.86. The van der Waals surface area contributed by atoms with E-state index in [1.54, 1.807) is 11.1 Å². The van der Waals surface area contributed by atoms with Gasteiger partial charge in [-0.15, -0.1) is 0 Å². The molecule has 1 N–H and O–H groups in total. The van der Waals surface area contributed by atoms with E-state index in [0.29, 0.717) is 24.0 Å². The standard InChI is InChI=1S/C15H25N3OS/c1-5-18(6-2)15(19)14-11-13(8-10-17-14)16-9-7-12(3)20-4/h8,10-12H,5-7,9H2,1-4H3,(H,16,17). The number of rotatable bonds is 8. The van der Waals surface area contributed by atoms with Crippen LogP contribution in [0.5, 0.6) is 0 Å². The van der Waals surface area contributed by atoms with Gasteiger partial charge in [-0.25, -0.2) is 0 Å². The molecule has 0 bridgehead atoms. The van der Waals surface area contributed by atoms with Gasteiger partial charge < -0.3 is 10.2 Å². The maximum Gasteiger partial charge on any atom is 0.272 e. The summed E-state index contributed by atoms with van der Waals surface area (Å²) in [6, 6.07) is 3.74. The lowest BCUT2D eigenvalue weighted by Gasteiger charge is -2.18. The Kier molecular flexibility index (Phi) is 7.44. The molecule has 4 nitrogen and oxygen atoms in total. The molecule has 1 heterocycles. The van der Waals surface area contributed by atoms with Crippen molar-refractivity contribution in [3.05, 3.63) is 24.0 Å². The van der Waals surface area contributed by atoms with Crippen molar-refractivity contribution in [3.63, 3.8) is 0 Å². The third kappa shape index (κ3) is 5.04. The maximum atomic E-state index is 12.2. The Morgan fingerprint density at radius 3 is 2.75 bits per heavy atom. The van der Waals surface area contributed by atoms with Gasteiger partial charge in [0.15, 0.2) is 0 Å². The fourth-order valence-electron chi connectivity index (χ4n) is 1.87. The molecular formula is C15H25N3OS. The van der Waals surface area contributed by atoms with Gasteiger partial charge in [0.2, 0.25) is 0 Å². The van der Waals surface area contributed by atoms with Gasteiger partial charge in [0.25, 0.3) is 5.91 Å². The van der Waals surface area contributed by atoms with E-state index in [1.807, 2.05) is 37.7 Å². The first-order valence-electron chi connectivity index (χ1n) is 7.14. The van der Waals surface area contributed by atoms with Crippen LogP contribution in [-0.2, 0) is 0 Å². The lowest BCUT2D eigenvalue weighted by atomic mass is 10.2. The van der Waals surface area contributed by atoms with E-state index in [9.17, 15) is 4.79 Å². The Morgan fingerprint density at radius 1 is 1.45 bits per heavy atom. The first-order chi connectivity index (χ1) is 9.62. The molecule has 0 aliphatic carbocycles. The minimum absolute atomic E-state index is 0.00358. The van der Waals surface area contributed by atoms with Crippen LogP contribution in [0, 0.1) is 0 Å². The molecule has 0 saturated carbocycles. The molecule has 0 spiro atoms. The zero-order valence-electron chi connectivity index (χ0n) is 12.8. The number of carbonyl (C=O) groups excluding carboxylic acids is 1. The fraction of sp³-hybridized carbons (Fsp3) is 0.600. The van der Waals surface area contributed by atoms with Gasteiger partial charge in [-0.1, -0.05) is 6.92 Å². The Balaban J connectivity index is 2.63. The van der Waals surface area contributed by atoms with Crippen LogP contribution in [0.3, 0.4) is 0 Å². The number of carbonyl (C=O) groups is 1. The van der Waals surface area contributed by atoms with E-state index in [1.165, 1.54) is 0 Å². The molecule has 1 rings (SSSR count). The SMILES string of the molecule is CCN(CC)C(=O)c1cc(NCCC(C)SC)ccn1. The van der Waals surface area contributed by atoms with Gasteiger partial charge in [0.05, 0.1) is 0 Å². The predicted molar refractivity (Wildman–Crippen MR) is 87.6 cm³/mol. The van der Waals surface area contributed by atoms with E-state index < -0.39 is 0 Å². The zero-order chi connectivity index (χ0) is 15.0. The third-order valence-corrected chi connectivity index (χ3v) is 4.35. The number of thioether (sulfide) groups is 1. The van der Waals surface area contributed by atoms with Crippen molar-refractivity contribution in [1.82, 2.24) is 9.88 Å². The maximum absolute atomic E-state index is 12.2. The molecule has 1 unspecified atom stereocenters. The highest BCUT2D eigenvalue weighted by Gasteiger charge is 2.14. The molecule has 20 heavy (non-hydrogen) atoms. The number of nitrogens with one attached hydrogen (secondary N) is 1. The molecule has 0 saturated heterocycles. The fourth-order valence-corrected chi connectivity index (χ4v) is 2.22. The molecule has 1 aromatic rings. The van der Waals surface area contributed by atoms with Crippen LogP contribution in [0.2, 0.25) is 0 Å². The van der Waals surface area contributed by atoms with Crippen molar-refractivity contribution in [3.8, 4) is 0 Å². The van der Waals surface area contributed by atoms with E-state index in [4.69, 9.17) is 0 Å². The van der Waals surface area contributed by atoms with E-state index >= 15 is 0 Å². The molecule has 1 amide bonds. The highest BCUT2D eigenvalue weighted by molar-refractivity contribution is 7.99. The third-order valence-electron chi connectivity index (χ3n) is 3.31. The quantitative estimate of drug-likeness (QED) is 0.800. The first-order valence-corrected chi connectivity index (χ1v) is 8.43. The molecule has 112 valence electrons. The van der Waals surface area contributed by atoms with E-state index in [-0.39, 0.29) is 5.91 Å². The second-order valence-electron chi connectivity index (χ2n) is 4.67. The van der Waals surface area contributed by atoms with Crippen molar-refractivity contribution in [2.75, 3.05) is 31.2 Å². The molecule has 5 heteroatoms. The minimum Gasteiger partial charge on any atom is -0.385 e. The second-order valence-corrected chi connectivity index (χ2v) is 5.95. The van der Waals surface area contributed by atoms with Crippen molar-refractivity contribution in [2.24, 2.45) is 0 Å². The second kappa shape index (κ2) is 8.84. The molecular weight excluding hydrogens is 270 g/mol. The Hall–Kier alpha value is -1.23. The summed E-state index contributed by atoms with van der Waals surface area (Å²) in [6.07, 6.45) is 4.91. The summed E-state index contributed by atoms with van der Waals surface area (Å²) in [4.78, 5) is 18.2. The highest BCUT2D eigenvalue weighted by atomic mass is 32.2. The van der Waals surface area contributed by atoms with Gasteiger partial charge in [0.1, 0.15) is 5.69 Å². The summed E-state index contributed by atoms with van der Waals surface area (Å²) in [7, 11) is 0. The molecule has 0 aromatic carbocycles. The monoisotopic (exact) mass is 295 g/mol. The van der Waals surface area contributed by atoms with Gasteiger partial charge in [0, 0.05) is 36.8 Å². The number of hydrogen-bond donors (Lipinski definition) is 1. The van der Waals surface area contributed by atoms with Gasteiger partial charge in [-0.3, -0.25) is 9.78 Å². The number of nitrogens with zero attached hydrogens (tertiary/aromatic N) is 2. The minimum atomic E-state index is -0.00358. The van der Waals surface area contributed by atoms with Crippen LogP contribution in [0.25, 0.3) is 0 Å². The molecule has 1 atom stereocenters. The summed E-state index contributed by atoms with van der Waals surface area (Å²) in [5.74, 6) is -0.00358. The first kappa shape index (κ1) is 16.8. The zero-order valence-corrected chi connectivity index (χ0v) is 13.7. The Bertz CT molecular complexity index is 421. The smallest absolute Gasteiger partial charge is 0.272 e. The average Bonchev–Trinajstić information content (AvgIpc) is 2.48. The van der Waals surface area contributed by atoms with Crippen LogP contribution in [0.1, 0.15) is 37.7 Å². The lowest BCUT2D eigenvalue weighted by Crippen LogP contribution is -2.31. The topological polar surface area (TPSA) is 45.2 Å². The van der Waals surface area contributed by atoms with Crippen molar-refractivity contribution >= 4 is 23.4 Å².